The van der Waals surface area contributed by atoms with E-state index >= 15 is 0 Å². The SMILES string of the molecule is CC(=O)C1C=C(OC(C)(N)N)C(C)=CC1. The fourth-order valence-electron chi connectivity index (χ4n) is 1.42. The summed E-state index contributed by atoms with van der Waals surface area (Å²) in [6.07, 6.45) is 4.47. The third-order valence-corrected chi connectivity index (χ3v) is 2.27. The normalized spacial score (nSPS) is 21.8. The molecule has 84 valence electrons. The van der Waals surface area contributed by atoms with Crippen molar-refractivity contribution in [2.75, 3.05) is 0 Å². The van der Waals surface area contributed by atoms with E-state index < -0.39 is 5.85 Å². The van der Waals surface area contributed by atoms with Gasteiger partial charge < -0.3 is 4.74 Å². The number of Topliss-reactive ketones (excluding diaryl/α,β-unsaturated/α-hetero) is 1. The van der Waals surface area contributed by atoms with Gasteiger partial charge in [-0.05, 0) is 31.9 Å². The second kappa shape index (κ2) is 4.16. The zero-order valence-electron chi connectivity index (χ0n) is 9.41. The summed E-state index contributed by atoms with van der Waals surface area (Å²) in [7, 11) is 0. The molecule has 4 nitrogen and oxygen atoms in total. The van der Waals surface area contributed by atoms with Crippen molar-refractivity contribution < 1.29 is 9.53 Å². The second-order valence-electron chi connectivity index (χ2n) is 4.16. The highest BCUT2D eigenvalue weighted by atomic mass is 16.5. The van der Waals surface area contributed by atoms with Crippen LogP contribution in [0.3, 0.4) is 0 Å². The van der Waals surface area contributed by atoms with Crippen LogP contribution in [0.4, 0.5) is 0 Å². The largest absolute Gasteiger partial charge is 0.461 e. The first kappa shape index (κ1) is 11.9. The fraction of sp³-hybridized carbons (Fsp3) is 0.545. The molecule has 0 spiro atoms. The molecule has 4 heteroatoms. The lowest BCUT2D eigenvalue weighted by Crippen LogP contribution is -2.48. The van der Waals surface area contributed by atoms with Crippen molar-refractivity contribution in [1.82, 2.24) is 0 Å². The maximum atomic E-state index is 11.2. The van der Waals surface area contributed by atoms with Crippen molar-refractivity contribution in [3.8, 4) is 0 Å². The molecule has 0 aliphatic heterocycles. The quantitative estimate of drug-likeness (QED) is 0.682. The minimum absolute atomic E-state index is 0.119. The zero-order valence-corrected chi connectivity index (χ0v) is 9.41. The first-order valence-electron chi connectivity index (χ1n) is 4.96. The van der Waals surface area contributed by atoms with Crippen LogP contribution in [0.15, 0.2) is 23.5 Å². The predicted octanol–water partition coefficient (Wildman–Crippen LogP) is 1.03. The Labute approximate surface area is 90.0 Å². The molecule has 15 heavy (non-hydrogen) atoms. The standard InChI is InChI=1S/C11H18N2O2/c1-7-4-5-9(8(2)14)6-10(7)15-11(3,12)13/h4,6,9H,5,12-13H2,1-3H3. The molecule has 0 bridgehead atoms. The minimum Gasteiger partial charge on any atom is -0.461 e. The van der Waals surface area contributed by atoms with E-state index in [2.05, 4.69) is 0 Å². The molecule has 0 aromatic rings. The molecule has 1 rings (SSSR count). The van der Waals surface area contributed by atoms with Crippen LogP contribution in [0.25, 0.3) is 0 Å². The summed E-state index contributed by atoms with van der Waals surface area (Å²) < 4.78 is 5.37. The van der Waals surface area contributed by atoms with E-state index in [1.165, 1.54) is 0 Å². The van der Waals surface area contributed by atoms with Crippen LogP contribution in [-0.4, -0.2) is 11.6 Å². The van der Waals surface area contributed by atoms with Gasteiger partial charge in [-0.15, -0.1) is 0 Å². The Bertz CT molecular complexity index is 324. The molecule has 1 aliphatic carbocycles. The van der Waals surface area contributed by atoms with Gasteiger partial charge >= 0.3 is 0 Å². The van der Waals surface area contributed by atoms with Crippen molar-refractivity contribution >= 4 is 5.78 Å². The van der Waals surface area contributed by atoms with Crippen LogP contribution in [0.2, 0.25) is 0 Å². The summed E-state index contributed by atoms with van der Waals surface area (Å²) >= 11 is 0. The van der Waals surface area contributed by atoms with Crippen molar-refractivity contribution in [1.29, 1.82) is 0 Å². The average Bonchev–Trinajstić information content (AvgIpc) is 2.06. The third kappa shape index (κ3) is 3.49. The van der Waals surface area contributed by atoms with Gasteiger partial charge in [0.25, 0.3) is 0 Å². The number of ketones is 1. The molecule has 0 saturated carbocycles. The monoisotopic (exact) mass is 210 g/mol. The molecular weight excluding hydrogens is 192 g/mol. The van der Waals surface area contributed by atoms with E-state index in [-0.39, 0.29) is 11.7 Å². The number of rotatable bonds is 3. The van der Waals surface area contributed by atoms with Crippen LogP contribution in [-0.2, 0) is 9.53 Å². The Morgan fingerprint density at radius 1 is 1.60 bits per heavy atom. The van der Waals surface area contributed by atoms with Gasteiger partial charge in [0, 0.05) is 12.8 Å². The smallest absolute Gasteiger partial charge is 0.209 e. The molecule has 1 atom stereocenters. The minimum atomic E-state index is -1.21. The van der Waals surface area contributed by atoms with E-state index in [9.17, 15) is 4.79 Å². The lowest BCUT2D eigenvalue weighted by atomic mass is 9.93. The van der Waals surface area contributed by atoms with Crippen molar-refractivity contribution in [2.45, 2.75) is 33.0 Å². The Kier molecular flexibility index (Phi) is 3.31. The molecule has 0 amide bonds. The maximum absolute atomic E-state index is 11.2. The highest BCUT2D eigenvalue weighted by Crippen LogP contribution is 2.25. The van der Waals surface area contributed by atoms with Gasteiger partial charge in [0.15, 0.2) is 0 Å². The van der Waals surface area contributed by atoms with Crippen molar-refractivity contribution in [3.05, 3.63) is 23.5 Å². The molecular formula is C11H18N2O2. The number of carbonyl (C=O) groups is 1. The van der Waals surface area contributed by atoms with Crippen molar-refractivity contribution in [2.24, 2.45) is 17.4 Å². The van der Waals surface area contributed by atoms with Crippen LogP contribution in [0, 0.1) is 5.92 Å². The fourth-order valence-corrected chi connectivity index (χ4v) is 1.42. The van der Waals surface area contributed by atoms with Crippen molar-refractivity contribution in [3.63, 3.8) is 0 Å². The maximum Gasteiger partial charge on any atom is 0.209 e. The van der Waals surface area contributed by atoms with Crippen LogP contribution >= 0.6 is 0 Å². The number of hydrogen-bond donors (Lipinski definition) is 2. The molecule has 0 fully saturated rings. The Hall–Kier alpha value is -1.13. The summed E-state index contributed by atoms with van der Waals surface area (Å²) in [5.41, 5.74) is 12.1. The van der Waals surface area contributed by atoms with Crippen LogP contribution < -0.4 is 11.5 Å². The Balaban J connectivity index is 2.83. The highest BCUT2D eigenvalue weighted by Gasteiger charge is 2.22. The number of hydrogen-bond acceptors (Lipinski definition) is 4. The van der Waals surface area contributed by atoms with E-state index in [0.29, 0.717) is 5.76 Å². The van der Waals surface area contributed by atoms with E-state index in [0.717, 1.165) is 12.0 Å². The van der Waals surface area contributed by atoms with E-state index in [1.807, 2.05) is 13.0 Å². The first-order valence-corrected chi connectivity index (χ1v) is 4.96. The molecule has 0 radical (unpaired) electrons. The van der Waals surface area contributed by atoms with Crippen LogP contribution in [0.5, 0.6) is 0 Å². The number of nitrogens with two attached hydrogens (primary N) is 2. The van der Waals surface area contributed by atoms with Gasteiger partial charge in [0.05, 0.1) is 0 Å². The molecule has 0 saturated heterocycles. The topological polar surface area (TPSA) is 78.3 Å². The van der Waals surface area contributed by atoms with E-state index in [1.54, 1.807) is 19.9 Å². The summed E-state index contributed by atoms with van der Waals surface area (Å²) in [6, 6.07) is 0. The third-order valence-electron chi connectivity index (χ3n) is 2.27. The number of carbonyl (C=O) groups excluding carboxylic acids is 1. The molecule has 1 unspecified atom stereocenters. The number of ether oxygens (including phenoxy) is 1. The van der Waals surface area contributed by atoms with Gasteiger partial charge in [-0.1, -0.05) is 6.08 Å². The summed E-state index contributed by atoms with van der Waals surface area (Å²) in [5.74, 6) is -0.602. The highest BCUT2D eigenvalue weighted by molar-refractivity contribution is 5.80. The molecule has 1 aliphatic rings. The molecule has 0 heterocycles. The molecule has 0 aromatic heterocycles. The van der Waals surface area contributed by atoms with Gasteiger partial charge in [0.2, 0.25) is 5.85 Å². The van der Waals surface area contributed by atoms with Gasteiger partial charge in [-0.25, -0.2) is 0 Å². The lowest BCUT2D eigenvalue weighted by molar-refractivity contribution is -0.119. The molecule has 0 aromatic carbocycles. The summed E-state index contributed by atoms with van der Waals surface area (Å²) in [6.45, 7) is 5.05. The lowest BCUT2D eigenvalue weighted by Gasteiger charge is -2.26. The zero-order chi connectivity index (χ0) is 11.6. The van der Waals surface area contributed by atoms with Gasteiger partial charge in [-0.2, -0.15) is 0 Å². The Morgan fingerprint density at radius 3 is 2.67 bits per heavy atom. The molecule has 4 N–H and O–H groups in total. The van der Waals surface area contributed by atoms with E-state index in [4.69, 9.17) is 16.2 Å². The predicted molar refractivity (Wildman–Crippen MR) is 58.5 cm³/mol. The Morgan fingerprint density at radius 2 is 2.20 bits per heavy atom. The van der Waals surface area contributed by atoms with Crippen LogP contribution in [0.1, 0.15) is 27.2 Å². The van der Waals surface area contributed by atoms with Gasteiger partial charge in [-0.3, -0.25) is 16.3 Å². The van der Waals surface area contributed by atoms with Gasteiger partial charge in [0.1, 0.15) is 11.5 Å². The first-order chi connectivity index (χ1) is 6.79. The summed E-state index contributed by atoms with van der Waals surface area (Å²) in [4.78, 5) is 11.2. The summed E-state index contributed by atoms with van der Waals surface area (Å²) in [5, 5.41) is 0. The second-order valence-corrected chi connectivity index (χ2v) is 4.16. The average molecular weight is 210 g/mol. The number of allylic oxidation sites excluding steroid dienone is 3.